The molecule has 2 rings (SSSR count). The Morgan fingerprint density at radius 3 is 2.73 bits per heavy atom. The third kappa shape index (κ3) is 0.957. The lowest BCUT2D eigenvalue weighted by molar-refractivity contribution is -0.174. The van der Waals surface area contributed by atoms with Crippen molar-refractivity contribution in [3.8, 4) is 6.07 Å². The van der Waals surface area contributed by atoms with Crippen LogP contribution in [0.15, 0.2) is 0 Å². The lowest BCUT2D eigenvalue weighted by Crippen LogP contribution is -2.30. The highest BCUT2D eigenvalue weighted by molar-refractivity contribution is 5.96. The van der Waals surface area contributed by atoms with Crippen molar-refractivity contribution in [2.45, 2.75) is 6.29 Å². The van der Waals surface area contributed by atoms with Gasteiger partial charge >= 0.3 is 11.9 Å². The molecular weight excluding hydrogens is 202 g/mol. The molecule has 0 bridgehead atoms. The predicted octanol–water partition coefficient (Wildman–Crippen LogP) is -0.555. The minimum absolute atomic E-state index is 0.535. The molecule has 2 fully saturated rings. The van der Waals surface area contributed by atoms with Gasteiger partial charge in [-0.3, -0.25) is 9.59 Å². The van der Waals surface area contributed by atoms with Gasteiger partial charge in [0.05, 0.1) is 25.0 Å². The van der Waals surface area contributed by atoms with Crippen molar-refractivity contribution >= 4 is 11.9 Å². The topological polar surface area (TPSA) is 85.6 Å². The standard InChI is InChI=1S/C9H9NO5/c1-13-7-5-4(6(11)15-7)9(5,3-10)8(12)14-2/h4-5,7H,1-2H3/t4-,5+,7+,9?/m0/s1. The fourth-order valence-electron chi connectivity index (χ4n) is 2.20. The van der Waals surface area contributed by atoms with E-state index < -0.39 is 35.5 Å². The molecular formula is C9H9NO5. The number of ether oxygens (including phenoxy) is 3. The van der Waals surface area contributed by atoms with E-state index in [4.69, 9.17) is 14.7 Å². The summed E-state index contributed by atoms with van der Waals surface area (Å²) in [5.74, 6) is -2.54. The summed E-state index contributed by atoms with van der Waals surface area (Å²) >= 11 is 0. The molecule has 0 spiro atoms. The van der Waals surface area contributed by atoms with Gasteiger partial charge in [0.2, 0.25) is 6.29 Å². The number of nitriles is 1. The van der Waals surface area contributed by atoms with Crippen LogP contribution in [0.1, 0.15) is 0 Å². The van der Waals surface area contributed by atoms with Crippen LogP contribution in [0.4, 0.5) is 0 Å². The number of esters is 2. The lowest BCUT2D eigenvalue weighted by Gasteiger charge is -2.15. The van der Waals surface area contributed by atoms with Gasteiger partial charge in [0.25, 0.3) is 0 Å². The van der Waals surface area contributed by atoms with Crippen LogP contribution in [0.2, 0.25) is 0 Å². The summed E-state index contributed by atoms with van der Waals surface area (Å²) < 4.78 is 14.2. The zero-order chi connectivity index (χ0) is 11.2. The van der Waals surface area contributed by atoms with Gasteiger partial charge < -0.3 is 14.2 Å². The SMILES string of the molecule is COC(=O)C1(C#N)[C@H]2[C@H](OC)OC(=O)[C@H]21. The molecule has 1 saturated carbocycles. The van der Waals surface area contributed by atoms with Crippen LogP contribution in [0.5, 0.6) is 0 Å². The van der Waals surface area contributed by atoms with Gasteiger partial charge in [0, 0.05) is 7.11 Å². The Balaban J connectivity index is 2.32. The summed E-state index contributed by atoms with van der Waals surface area (Å²) in [6, 6.07) is 1.84. The number of methoxy groups -OCH3 is 2. The Kier molecular flexibility index (Phi) is 1.94. The van der Waals surface area contributed by atoms with Gasteiger partial charge in [0.15, 0.2) is 5.41 Å². The molecule has 80 valence electrons. The Labute approximate surface area is 85.7 Å². The van der Waals surface area contributed by atoms with Gasteiger partial charge in [-0.15, -0.1) is 0 Å². The summed E-state index contributed by atoms with van der Waals surface area (Å²) in [5.41, 5.74) is -1.40. The first-order valence-corrected chi connectivity index (χ1v) is 4.36. The molecule has 0 aromatic carbocycles. The number of cyclic esters (lactones) is 1. The first kappa shape index (κ1) is 9.93. The summed E-state index contributed by atoms with van der Waals surface area (Å²) in [7, 11) is 2.54. The van der Waals surface area contributed by atoms with Crippen LogP contribution in [-0.2, 0) is 23.8 Å². The molecule has 2 aliphatic rings. The van der Waals surface area contributed by atoms with E-state index >= 15 is 0 Å². The number of carbonyl (C=O) groups is 2. The molecule has 1 heterocycles. The second kappa shape index (κ2) is 2.94. The third-order valence-corrected chi connectivity index (χ3v) is 2.99. The number of hydrogen-bond donors (Lipinski definition) is 0. The Bertz CT molecular complexity index is 373. The fourth-order valence-corrected chi connectivity index (χ4v) is 2.20. The Morgan fingerprint density at radius 1 is 1.60 bits per heavy atom. The maximum absolute atomic E-state index is 11.4. The van der Waals surface area contributed by atoms with Crippen LogP contribution >= 0.6 is 0 Å². The van der Waals surface area contributed by atoms with Gasteiger partial charge in [-0.1, -0.05) is 0 Å². The molecule has 0 N–H and O–H groups in total. The predicted molar refractivity (Wildman–Crippen MR) is 43.9 cm³/mol. The van der Waals surface area contributed by atoms with Crippen LogP contribution in [0.25, 0.3) is 0 Å². The largest absolute Gasteiger partial charge is 0.468 e. The van der Waals surface area contributed by atoms with Crippen molar-refractivity contribution in [1.29, 1.82) is 5.26 Å². The summed E-state index contributed by atoms with van der Waals surface area (Å²) in [5, 5.41) is 8.98. The average molecular weight is 211 g/mol. The second-order valence-corrected chi connectivity index (χ2v) is 3.52. The van der Waals surface area contributed by atoms with Crippen molar-refractivity contribution in [3.05, 3.63) is 0 Å². The Morgan fingerprint density at radius 2 is 2.27 bits per heavy atom. The highest BCUT2D eigenvalue weighted by atomic mass is 16.7. The van der Waals surface area contributed by atoms with Gasteiger partial charge in [-0.2, -0.15) is 5.26 Å². The maximum Gasteiger partial charge on any atom is 0.327 e. The maximum atomic E-state index is 11.4. The second-order valence-electron chi connectivity index (χ2n) is 3.52. The zero-order valence-electron chi connectivity index (χ0n) is 8.22. The van der Waals surface area contributed by atoms with E-state index in [9.17, 15) is 9.59 Å². The van der Waals surface area contributed by atoms with Crippen molar-refractivity contribution in [1.82, 2.24) is 0 Å². The zero-order valence-corrected chi connectivity index (χ0v) is 8.22. The minimum atomic E-state index is -1.40. The quantitative estimate of drug-likeness (QED) is 0.569. The molecule has 1 unspecified atom stereocenters. The lowest BCUT2D eigenvalue weighted by atomic mass is 10.0. The molecule has 15 heavy (non-hydrogen) atoms. The third-order valence-electron chi connectivity index (χ3n) is 2.99. The van der Waals surface area contributed by atoms with Crippen LogP contribution < -0.4 is 0 Å². The highest BCUT2D eigenvalue weighted by Crippen LogP contribution is 2.65. The van der Waals surface area contributed by atoms with E-state index in [-0.39, 0.29) is 0 Å². The molecule has 1 aliphatic heterocycles. The van der Waals surface area contributed by atoms with E-state index in [0.717, 1.165) is 0 Å². The van der Waals surface area contributed by atoms with Gasteiger partial charge in [0.1, 0.15) is 0 Å². The van der Waals surface area contributed by atoms with Crippen LogP contribution in [0, 0.1) is 28.6 Å². The molecule has 0 aromatic rings. The van der Waals surface area contributed by atoms with Gasteiger partial charge in [-0.05, 0) is 0 Å². The molecule has 1 aliphatic carbocycles. The molecule has 0 amide bonds. The van der Waals surface area contributed by atoms with Crippen molar-refractivity contribution in [2.24, 2.45) is 17.3 Å². The van der Waals surface area contributed by atoms with E-state index in [1.165, 1.54) is 14.2 Å². The summed E-state index contributed by atoms with van der Waals surface area (Å²) in [4.78, 5) is 22.8. The molecule has 6 heteroatoms. The molecule has 0 aromatic heterocycles. The molecule has 1 saturated heterocycles. The highest BCUT2D eigenvalue weighted by Gasteiger charge is 2.82. The first-order valence-electron chi connectivity index (χ1n) is 4.36. The smallest absolute Gasteiger partial charge is 0.327 e. The fraction of sp³-hybridized carbons (Fsp3) is 0.667. The number of hydrogen-bond acceptors (Lipinski definition) is 6. The number of fused-ring (bicyclic) bond motifs is 1. The van der Waals surface area contributed by atoms with Gasteiger partial charge in [-0.25, -0.2) is 0 Å². The number of rotatable bonds is 2. The van der Waals surface area contributed by atoms with Crippen molar-refractivity contribution in [2.75, 3.05) is 14.2 Å². The number of nitrogens with zero attached hydrogens (tertiary/aromatic N) is 1. The normalized spacial score (nSPS) is 41.4. The Hall–Kier alpha value is -1.61. The monoisotopic (exact) mass is 211 g/mol. The number of carbonyl (C=O) groups excluding carboxylic acids is 2. The van der Waals surface area contributed by atoms with Crippen molar-refractivity contribution in [3.63, 3.8) is 0 Å². The summed E-state index contributed by atoms with van der Waals surface area (Å²) in [6.45, 7) is 0. The van der Waals surface area contributed by atoms with Crippen LogP contribution in [-0.4, -0.2) is 32.4 Å². The van der Waals surface area contributed by atoms with Crippen LogP contribution in [0.3, 0.4) is 0 Å². The van der Waals surface area contributed by atoms with E-state index in [1.807, 2.05) is 6.07 Å². The minimum Gasteiger partial charge on any atom is -0.468 e. The van der Waals surface area contributed by atoms with Crippen molar-refractivity contribution < 1.29 is 23.8 Å². The average Bonchev–Trinajstić information content (AvgIpc) is 2.83. The van der Waals surface area contributed by atoms with E-state index in [2.05, 4.69) is 4.74 Å². The van der Waals surface area contributed by atoms with E-state index in [1.54, 1.807) is 0 Å². The molecule has 0 radical (unpaired) electrons. The molecule has 6 nitrogen and oxygen atoms in total. The first-order chi connectivity index (χ1) is 7.13. The van der Waals surface area contributed by atoms with E-state index in [0.29, 0.717) is 0 Å². The molecule has 4 atom stereocenters. The summed E-state index contributed by atoms with van der Waals surface area (Å²) in [6.07, 6.45) is -0.818.